The van der Waals surface area contributed by atoms with Crippen molar-refractivity contribution in [3.63, 3.8) is 0 Å². The lowest BCUT2D eigenvalue weighted by atomic mass is 10.1. The zero-order chi connectivity index (χ0) is 14.3. The monoisotopic (exact) mass is 304 g/mol. The maximum Gasteiger partial charge on any atom is 0.314 e. The molecule has 0 fully saturated rings. The fourth-order valence-electron chi connectivity index (χ4n) is 1.42. The molecule has 1 aromatic rings. The highest BCUT2D eigenvalue weighted by Crippen LogP contribution is 2.19. The lowest BCUT2D eigenvalue weighted by Crippen LogP contribution is -2.37. The number of hydrogen-bond acceptors (Lipinski definition) is 2. The van der Waals surface area contributed by atoms with Crippen LogP contribution in [-0.2, 0) is 11.2 Å². The predicted octanol–water partition coefficient (Wildman–Crippen LogP) is 2.31. The van der Waals surface area contributed by atoms with Gasteiger partial charge in [-0.25, -0.2) is 4.79 Å². The maximum atomic E-state index is 11.3. The Morgan fingerprint density at radius 3 is 2.21 bits per heavy atom. The van der Waals surface area contributed by atoms with Crippen molar-refractivity contribution in [3.8, 4) is 0 Å². The van der Waals surface area contributed by atoms with Gasteiger partial charge in [0, 0.05) is 23.1 Å². The van der Waals surface area contributed by atoms with Crippen LogP contribution in [0.2, 0.25) is 10.0 Å². The number of halogens is 2. The largest absolute Gasteiger partial charge is 0.481 e. The molecule has 104 valence electrons. The molecular formula is C12H14Cl2N2O3. The fraction of sp³-hybridized carbons (Fsp3) is 0.333. The van der Waals surface area contributed by atoms with E-state index in [0.717, 1.165) is 5.56 Å². The Bertz CT molecular complexity index is 446. The lowest BCUT2D eigenvalue weighted by molar-refractivity contribution is -0.136. The standard InChI is InChI=1S/C12H14Cl2N2O3/c13-9-5-8(6-10(14)7-9)1-3-15-12(19)16-4-2-11(17)18/h5-7H,1-4H2,(H,17,18)(H2,15,16,19). The highest BCUT2D eigenvalue weighted by atomic mass is 35.5. The van der Waals surface area contributed by atoms with Crippen molar-refractivity contribution in [2.45, 2.75) is 12.8 Å². The first-order chi connectivity index (χ1) is 8.97. The SMILES string of the molecule is O=C(O)CCNC(=O)NCCc1cc(Cl)cc(Cl)c1. The maximum absolute atomic E-state index is 11.3. The minimum atomic E-state index is -0.950. The smallest absolute Gasteiger partial charge is 0.314 e. The number of carboxylic acids is 1. The molecule has 0 atom stereocenters. The molecule has 0 spiro atoms. The molecule has 0 aliphatic carbocycles. The number of nitrogens with one attached hydrogen (secondary N) is 2. The zero-order valence-corrected chi connectivity index (χ0v) is 11.6. The van der Waals surface area contributed by atoms with Crippen molar-refractivity contribution in [1.82, 2.24) is 10.6 Å². The van der Waals surface area contributed by atoms with E-state index in [-0.39, 0.29) is 13.0 Å². The minimum Gasteiger partial charge on any atom is -0.481 e. The molecule has 5 nitrogen and oxygen atoms in total. The summed E-state index contributed by atoms with van der Waals surface area (Å²) in [7, 11) is 0. The number of benzene rings is 1. The lowest BCUT2D eigenvalue weighted by Gasteiger charge is -2.07. The summed E-state index contributed by atoms with van der Waals surface area (Å²) in [6, 6.07) is 4.79. The highest BCUT2D eigenvalue weighted by Gasteiger charge is 2.02. The predicted molar refractivity (Wildman–Crippen MR) is 73.8 cm³/mol. The van der Waals surface area contributed by atoms with Crippen LogP contribution in [0.3, 0.4) is 0 Å². The number of hydrogen-bond donors (Lipinski definition) is 3. The average Bonchev–Trinajstić information content (AvgIpc) is 2.27. The fourth-order valence-corrected chi connectivity index (χ4v) is 1.99. The third kappa shape index (κ3) is 6.88. The number of carbonyl (C=O) groups excluding carboxylic acids is 1. The molecule has 0 unspecified atom stereocenters. The van der Waals surface area contributed by atoms with Crippen molar-refractivity contribution in [1.29, 1.82) is 0 Å². The van der Waals surface area contributed by atoms with E-state index in [1.165, 1.54) is 0 Å². The Kier molecular flexibility index (Phi) is 6.45. The summed E-state index contributed by atoms with van der Waals surface area (Å²) in [6.07, 6.45) is 0.490. The third-order valence-corrected chi connectivity index (χ3v) is 2.68. The van der Waals surface area contributed by atoms with Gasteiger partial charge in [-0.2, -0.15) is 0 Å². The van der Waals surface area contributed by atoms with Crippen molar-refractivity contribution in [3.05, 3.63) is 33.8 Å². The van der Waals surface area contributed by atoms with E-state index in [1.54, 1.807) is 18.2 Å². The normalized spacial score (nSPS) is 10.0. The second kappa shape index (κ2) is 7.86. The van der Waals surface area contributed by atoms with E-state index in [4.69, 9.17) is 28.3 Å². The Labute approximate surface area is 120 Å². The Morgan fingerprint density at radius 2 is 1.63 bits per heavy atom. The molecule has 0 aromatic heterocycles. The number of aliphatic carboxylic acids is 1. The van der Waals surface area contributed by atoms with Crippen molar-refractivity contribution >= 4 is 35.2 Å². The van der Waals surface area contributed by atoms with Gasteiger partial charge in [0.1, 0.15) is 0 Å². The van der Waals surface area contributed by atoms with Crippen LogP contribution in [0.5, 0.6) is 0 Å². The zero-order valence-electron chi connectivity index (χ0n) is 10.1. The van der Waals surface area contributed by atoms with Crippen LogP contribution in [0.1, 0.15) is 12.0 Å². The Balaban J connectivity index is 2.26. The molecule has 0 saturated heterocycles. The second-order valence-corrected chi connectivity index (χ2v) is 4.73. The van der Waals surface area contributed by atoms with Gasteiger partial charge in [0.25, 0.3) is 0 Å². The summed E-state index contributed by atoms with van der Waals surface area (Å²) in [6.45, 7) is 0.514. The van der Waals surface area contributed by atoms with Gasteiger partial charge in [0.2, 0.25) is 0 Å². The van der Waals surface area contributed by atoms with E-state index in [1.807, 2.05) is 0 Å². The molecule has 0 bridgehead atoms. The van der Waals surface area contributed by atoms with Crippen LogP contribution in [0, 0.1) is 0 Å². The first-order valence-electron chi connectivity index (χ1n) is 5.66. The molecule has 0 aliphatic rings. The van der Waals surface area contributed by atoms with Gasteiger partial charge in [-0.05, 0) is 30.2 Å². The number of rotatable bonds is 6. The highest BCUT2D eigenvalue weighted by molar-refractivity contribution is 6.34. The summed E-state index contributed by atoms with van der Waals surface area (Å²) in [4.78, 5) is 21.5. The topological polar surface area (TPSA) is 78.4 Å². The summed E-state index contributed by atoms with van der Waals surface area (Å²) in [5, 5.41) is 14.6. The van der Waals surface area contributed by atoms with Gasteiger partial charge in [-0.15, -0.1) is 0 Å². The van der Waals surface area contributed by atoms with Crippen molar-refractivity contribution < 1.29 is 14.7 Å². The molecule has 0 aliphatic heterocycles. The summed E-state index contributed by atoms with van der Waals surface area (Å²) < 4.78 is 0. The molecule has 2 amide bonds. The average molecular weight is 305 g/mol. The van der Waals surface area contributed by atoms with Crippen LogP contribution in [0.15, 0.2) is 18.2 Å². The van der Waals surface area contributed by atoms with Crippen LogP contribution in [0.25, 0.3) is 0 Å². The van der Waals surface area contributed by atoms with Gasteiger partial charge >= 0.3 is 12.0 Å². The molecule has 7 heteroatoms. The first kappa shape index (κ1) is 15.6. The van der Waals surface area contributed by atoms with Crippen LogP contribution < -0.4 is 10.6 Å². The summed E-state index contributed by atoms with van der Waals surface area (Å²) >= 11 is 11.7. The van der Waals surface area contributed by atoms with E-state index >= 15 is 0 Å². The Morgan fingerprint density at radius 1 is 1.05 bits per heavy atom. The minimum absolute atomic E-state index is 0.0999. The molecule has 0 radical (unpaired) electrons. The molecule has 0 heterocycles. The molecular weight excluding hydrogens is 291 g/mol. The molecule has 1 rings (SSSR count). The summed E-state index contributed by atoms with van der Waals surface area (Å²) in [5.41, 5.74) is 0.920. The molecule has 0 saturated carbocycles. The third-order valence-electron chi connectivity index (χ3n) is 2.25. The molecule has 1 aromatic carbocycles. The van der Waals surface area contributed by atoms with Gasteiger partial charge in [0.05, 0.1) is 6.42 Å². The van der Waals surface area contributed by atoms with Gasteiger partial charge in [-0.1, -0.05) is 23.2 Å². The number of carbonyl (C=O) groups is 2. The Hall–Kier alpha value is -1.46. The molecule has 19 heavy (non-hydrogen) atoms. The summed E-state index contributed by atoms with van der Waals surface area (Å²) in [5.74, 6) is -0.950. The van der Waals surface area contributed by atoms with E-state index in [9.17, 15) is 9.59 Å². The van der Waals surface area contributed by atoms with Crippen LogP contribution in [0.4, 0.5) is 4.79 Å². The van der Waals surface area contributed by atoms with Crippen molar-refractivity contribution in [2.24, 2.45) is 0 Å². The first-order valence-corrected chi connectivity index (χ1v) is 6.41. The van der Waals surface area contributed by atoms with E-state index < -0.39 is 12.0 Å². The number of urea groups is 1. The van der Waals surface area contributed by atoms with Crippen molar-refractivity contribution in [2.75, 3.05) is 13.1 Å². The quantitative estimate of drug-likeness (QED) is 0.754. The van der Waals surface area contributed by atoms with Crippen LogP contribution in [-0.4, -0.2) is 30.2 Å². The van der Waals surface area contributed by atoms with E-state index in [2.05, 4.69) is 10.6 Å². The van der Waals surface area contributed by atoms with Crippen LogP contribution >= 0.6 is 23.2 Å². The number of carboxylic acid groups (broad SMARTS) is 1. The molecule has 3 N–H and O–H groups in total. The van der Waals surface area contributed by atoms with Gasteiger partial charge in [0.15, 0.2) is 0 Å². The van der Waals surface area contributed by atoms with Gasteiger partial charge < -0.3 is 15.7 Å². The van der Waals surface area contributed by atoms with E-state index in [0.29, 0.717) is 23.0 Å². The van der Waals surface area contributed by atoms with Gasteiger partial charge in [-0.3, -0.25) is 4.79 Å². The number of amides is 2. The second-order valence-electron chi connectivity index (χ2n) is 3.85.